The highest BCUT2D eigenvalue weighted by Gasteiger charge is 2.42. The zero-order chi connectivity index (χ0) is 15.9. The van der Waals surface area contributed by atoms with E-state index in [9.17, 15) is 14.7 Å². The Morgan fingerprint density at radius 1 is 1.14 bits per heavy atom. The van der Waals surface area contributed by atoms with Crippen molar-refractivity contribution in [2.45, 2.75) is 12.0 Å². The van der Waals surface area contributed by atoms with E-state index in [0.717, 1.165) is 5.56 Å². The van der Waals surface area contributed by atoms with Crippen LogP contribution in [0.3, 0.4) is 0 Å². The van der Waals surface area contributed by atoms with E-state index in [1.807, 2.05) is 0 Å². The number of carboxylic acids is 1. The molecule has 0 saturated carbocycles. The van der Waals surface area contributed by atoms with Crippen molar-refractivity contribution in [3.05, 3.63) is 70.2 Å². The van der Waals surface area contributed by atoms with Gasteiger partial charge in [-0.25, -0.2) is 0 Å². The van der Waals surface area contributed by atoms with Crippen LogP contribution in [0.4, 0.5) is 0 Å². The Kier molecular flexibility index (Phi) is 3.62. The molecule has 0 saturated heterocycles. The highest BCUT2D eigenvalue weighted by Crippen LogP contribution is 2.42. The standard InChI is InChI=1S/C17H14ClNO3/c1-19-15(10-6-8-11(18)9-7-10)14(17(21)22)12-4-2-3-5-13(12)16(19)20/h2-9,14-15H,1H3,(H,21,22)/t14-,15-/m1/s1. The van der Waals surface area contributed by atoms with Gasteiger partial charge < -0.3 is 10.0 Å². The van der Waals surface area contributed by atoms with E-state index in [1.165, 1.54) is 4.90 Å². The molecule has 1 aliphatic heterocycles. The number of hydrogen-bond donors (Lipinski definition) is 1. The normalized spacial score (nSPS) is 20.6. The van der Waals surface area contributed by atoms with Crippen LogP contribution in [0.25, 0.3) is 0 Å². The smallest absolute Gasteiger partial charge is 0.313 e. The molecular weight excluding hydrogens is 302 g/mol. The van der Waals surface area contributed by atoms with Gasteiger partial charge in [0.2, 0.25) is 0 Å². The molecule has 2 atom stereocenters. The van der Waals surface area contributed by atoms with E-state index in [0.29, 0.717) is 16.1 Å². The van der Waals surface area contributed by atoms with Crippen molar-refractivity contribution in [1.29, 1.82) is 0 Å². The largest absolute Gasteiger partial charge is 0.481 e. The van der Waals surface area contributed by atoms with Crippen molar-refractivity contribution in [2.24, 2.45) is 0 Å². The lowest BCUT2D eigenvalue weighted by Crippen LogP contribution is -2.42. The van der Waals surface area contributed by atoms with Crippen LogP contribution in [0.2, 0.25) is 5.02 Å². The predicted molar refractivity (Wildman–Crippen MR) is 83.1 cm³/mol. The summed E-state index contributed by atoms with van der Waals surface area (Å²) in [4.78, 5) is 25.9. The van der Waals surface area contributed by atoms with Gasteiger partial charge in [-0.2, -0.15) is 0 Å². The molecule has 4 nitrogen and oxygen atoms in total. The van der Waals surface area contributed by atoms with Gasteiger partial charge in [-0.1, -0.05) is 41.9 Å². The molecule has 22 heavy (non-hydrogen) atoms. The number of carbonyl (C=O) groups excluding carboxylic acids is 1. The van der Waals surface area contributed by atoms with Crippen LogP contribution in [-0.4, -0.2) is 28.9 Å². The number of carboxylic acid groups (broad SMARTS) is 1. The van der Waals surface area contributed by atoms with Crippen LogP contribution in [0, 0.1) is 0 Å². The van der Waals surface area contributed by atoms with Crippen molar-refractivity contribution >= 4 is 23.5 Å². The maximum absolute atomic E-state index is 12.5. The molecule has 0 aromatic heterocycles. The highest BCUT2D eigenvalue weighted by molar-refractivity contribution is 6.30. The molecule has 0 fully saturated rings. The minimum Gasteiger partial charge on any atom is -0.481 e. The second-order valence-corrected chi connectivity index (χ2v) is 5.75. The van der Waals surface area contributed by atoms with Gasteiger partial charge >= 0.3 is 5.97 Å². The number of hydrogen-bond acceptors (Lipinski definition) is 2. The number of amides is 1. The molecule has 1 heterocycles. The molecule has 0 spiro atoms. The Balaban J connectivity index is 2.18. The number of carbonyl (C=O) groups is 2. The Morgan fingerprint density at radius 3 is 2.41 bits per heavy atom. The lowest BCUT2D eigenvalue weighted by atomic mass is 9.80. The lowest BCUT2D eigenvalue weighted by molar-refractivity contribution is -0.140. The first-order valence-corrected chi connectivity index (χ1v) is 7.23. The van der Waals surface area contributed by atoms with Gasteiger partial charge in [-0.15, -0.1) is 0 Å². The van der Waals surface area contributed by atoms with E-state index >= 15 is 0 Å². The summed E-state index contributed by atoms with van der Waals surface area (Å²) in [5, 5.41) is 10.3. The minimum absolute atomic E-state index is 0.173. The molecule has 0 radical (unpaired) electrons. The van der Waals surface area contributed by atoms with Crippen LogP contribution in [-0.2, 0) is 4.79 Å². The van der Waals surface area contributed by atoms with Gasteiger partial charge in [0.05, 0.1) is 6.04 Å². The molecule has 1 amide bonds. The average Bonchev–Trinajstić information content (AvgIpc) is 2.51. The third kappa shape index (κ3) is 2.25. The first-order chi connectivity index (χ1) is 10.5. The number of fused-ring (bicyclic) bond motifs is 1. The van der Waals surface area contributed by atoms with Crippen molar-refractivity contribution in [3.8, 4) is 0 Å². The zero-order valence-corrected chi connectivity index (χ0v) is 12.6. The first-order valence-electron chi connectivity index (χ1n) is 6.85. The second kappa shape index (κ2) is 5.46. The Labute approximate surface area is 132 Å². The molecular formula is C17H14ClNO3. The number of nitrogens with zero attached hydrogens (tertiary/aromatic N) is 1. The van der Waals surface area contributed by atoms with E-state index in [-0.39, 0.29) is 5.91 Å². The summed E-state index contributed by atoms with van der Waals surface area (Å²) < 4.78 is 0. The van der Waals surface area contributed by atoms with Gasteiger partial charge in [0, 0.05) is 17.6 Å². The Morgan fingerprint density at radius 2 is 1.77 bits per heavy atom. The molecule has 0 bridgehead atoms. The number of rotatable bonds is 2. The fourth-order valence-corrected chi connectivity index (χ4v) is 3.14. The summed E-state index contributed by atoms with van der Waals surface area (Å²) in [6.07, 6.45) is 0. The number of likely N-dealkylation sites (N-methyl/N-ethyl adjacent to an activating group) is 1. The molecule has 2 aromatic carbocycles. The second-order valence-electron chi connectivity index (χ2n) is 5.32. The monoisotopic (exact) mass is 315 g/mol. The summed E-state index contributed by atoms with van der Waals surface area (Å²) >= 11 is 5.90. The maximum Gasteiger partial charge on any atom is 0.313 e. The molecule has 112 valence electrons. The van der Waals surface area contributed by atoms with Gasteiger partial charge in [-0.05, 0) is 29.3 Å². The van der Waals surface area contributed by atoms with Crippen molar-refractivity contribution < 1.29 is 14.7 Å². The predicted octanol–water partition coefficient (Wildman–Crippen LogP) is 3.34. The summed E-state index contributed by atoms with van der Waals surface area (Å²) in [6, 6.07) is 13.3. The fraction of sp³-hybridized carbons (Fsp3) is 0.176. The van der Waals surface area contributed by atoms with Crippen molar-refractivity contribution in [3.63, 3.8) is 0 Å². The fourth-order valence-electron chi connectivity index (χ4n) is 3.02. The van der Waals surface area contributed by atoms with Crippen molar-refractivity contribution in [2.75, 3.05) is 7.05 Å². The number of aliphatic carboxylic acids is 1. The van der Waals surface area contributed by atoms with E-state index in [1.54, 1.807) is 55.6 Å². The minimum atomic E-state index is -0.952. The summed E-state index contributed by atoms with van der Waals surface area (Å²) in [6.45, 7) is 0. The molecule has 2 aromatic rings. The quantitative estimate of drug-likeness (QED) is 0.924. The molecule has 1 aliphatic rings. The highest BCUT2D eigenvalue weighted by atomic mass is 35.5. The SMILES string of the molecule is CN1C(=O)c2ccccc2[C@@H](C(=O)O)[C@H]1c1ccc(Cl)cc1. The van der Waals surface area contributed by atoms with Crippen LogP contribution in [0.15, 0.2) is 48.5 Å². The Hall–Kier alpha value is -2.33. The van der Waals surface area contributed by atoms with Gasteiger partial charge in [-0.3, -0.25) is 9.59 Å². The lowest BCUT2D eigenvalue weighted by Gasteiger charge is -2.38. The molecule has 5 heteroatoms. The number of halogens is 1. The van der Waals surface area contributed by atoms with E-state index in [4.69, 9.17) is 11.6 Å². The average molecular weight is 316 g/mol. The van der Waals surface area contributed by atoms with E-state index < -0.39 is 17.9 Å². The van der Waals surface area contributed by atoms with Gasteiger partial charge in [0.1, 0.15) is 5.92 Å². The van der Waals surface area contributed by atoms with Gasteiger partial charge in [0.25, 0.3) is 5.91 Å². The molecule has 0 aliphatic carbocycles. The van der Waals surface area contributed by atoms with Crippen LogP contribution < -0.4 is 0 Å². The summed E-state index contributed by atoms with van der Waals surface area (Å²) in [7, 11) is 1.63. The van der Waals surface area contributed by atoms with Crippen LogP contribution in [0.5, 0.6) is 0 Å². The molecule has 1 N–H and O–H groups in total. The summed E-state index contributed by atoms with van der Waals surface area (Å²) in [5.41, 5.74) is 1.75. The summed E-state index contributed by atoms with van der Waals surface area (Å²) in [5.74, 6) is -1.93. The maximum atomic E-state index is 12.5. The Bertz CT molecular complexity index is 742. The molecule has 0 unspecified atom stereocenters. The molecule has 3 rings (SSSR count). The zero-order valence-electron chi connectivity index (χ0n) is 11.9. The van der Waals surface area contributed by atoms with Crippen LogP contribution >= 0.6 is 11.6 Å². The first kappa shape index (κ1) is 14.6. The topological polar surface area (TPSA) is 57.6 Å². The van der Waals surface area contributed by atoms with E-state index in [2.05, 4.69) is 0 Å². The number of benzene rings is 2. The van der Waals surface area contributed by atoms with Gasteiger partial charge in [0.15, 0.2) is 0 Å². The van der Waals surface area contributed by atoms with Crippen LogP contribution in [0.1, 0.15) is 33.4 Å². The third-order valence-corrected chi connectivity index (χ3v) is 4.31. The third-order valence-electron chi connectivity index (χ3n) is 4.06. The van der Waals surface area contributed by atoms with Crippen molar-refractivity contribution in [1.82, 2.24) is 4.90 Å².